The fourth-order valence-electron chi connectivity index (χ4n) is 2.87. The molecule has 0 radical (unpaired) electrons. The van der Waals surface area contributed by atoms with E-state index in [0.717, 1.165) is 12.1 Å². The minimum atomic E-state index is -4.44. The lowest BCUT2D eigenvalue weighted by Crippen LogP contribution is -2.59. The lowest BCUT2D eigenvalue weighted by atomic mass is 10.1. The first-order valence-corrected chi connectivity index (χ1v) is 9.01. The lowest BCUT2D eigenvalue weighted by Gasteiger charge is -2.41. The van der Waals surface area contributed by atoms with Crippen molar-refractivity contribution in [1.82, 2.24) is 4.90 Å². The smallest absolute Gasteiger partial charge is 0.416 e. The standard InChI is InChI=1S/C19H25F3N2O4/c1-5-27-16(25)15-12-23(17(26)28-18(2,3)4)10-11-24(15)14-8-6-13(7-9-14)19(20,21)22/h6-9,15H,5,10-12H2,1-4H3. The number of esters is 1. The summed E-state index contributed by atoms with van der Waals surface area (Å²) in [5.74, 6) is -0.546. The van der Waals surface area contributed by atoms with Gasteiger partial charge in [-0.3, -0.25) is 0 Å². The van der Waals surface area contributed by atoms with Gasteiger partial charge in [0, 0.05) is 18.8 Å². The number of rotatable bonds is 3. The zero-order valence-corrected chi connectivity index (χ0v) is 16.4. The van der Waals surface area contributed by atoms with Gasteiger partial charge in [0.05, 0.1) is 18.7 Å². The molecule has 1 aromatic carbocycles. The molecule has 0 bridgehead atoms. The number of amides is 1. The molecule has 0 saturated carbocycles. The first kappa shape index (κ1) is 21.8. The summed E-state index contributed by atoms with van der Waals surface area (Å²) in [5.41, 5.74) is -0.993. The fourth-order valence-corrected chi connectivity index (χ4v) is 2.87. The second kappa shape index (κ2) is 8.28. The molecule has 156 valence electrons. The van der Waals surface area contributed by atoms with Crippen LogP contribution in [-0.2, 0) is 20.4 Å². The van der Waals surface area contributed by atoms with Gasteiger partial charge in [0.25, 0.3) is 0 Å². The van der Waals surface area contributed by atoms with Gasteiger partial charge in [0.15, 0.2) is 0 Å². The number of ether oxygens (including phenoxy) is 2. The van der Waals surface area contributed by atoms with E-state index in [-0.39, 0.29) is 26.2 Å². The number of hydrogen-bond acceptors (Lipinski definition) is 5. The fraction of sp³-hybridized carbons (Fsp3) is 0.579. The molecular weight excluding hydrogens is 377 g/mol. The van der Waals surface area contributed by atoms with Crippen LogP contribution < -0.4 is 4.90 Å². The van der Waals surface area contributed by atoms with E-state index in [1.807, 2.05) is 0 Å². The second-order valence-corrected chi connectivity index (χ2v) is 7.43. The molecule has 0 aliphatic carbocycles. The van der Waals surface area contributed by atoms with Gasteiger partial charge in [-0.05, 0) is 52.0 Å². The van der Waals surface area contributed by atoms with Crippen molar-refractivity contribution in [2.24, 2.45) is 0 Å². The maximum absolute atomic E-state index is 12.8. The Morgan fingerprint density at radius 2 is 1.71 bits per heavy atom. The molecule has 1 unspecified atom stereocenters. The maximum atomic E-state index is 12.8. The molecule has 1 saturated heterocycles. The van der Waals surface area contributed by atoms with Crippen LogP contribution in [0.2, 0.25) is 0 Å². The van der Waals surface area contributed by atoms with Crippen molar-refractivity contribution < 1.29 is 32.2 Å². The van der Waals surface area contributed by atoms with E-state index in [1.54, 1.807) is 32.6 Å². The van der Waals surface area contributed by atoms with Gasteiger partial charge >= 0.3 is 18.2 Å². The summed E-state index contributed by atoms with van der Waals surface area (Å²) in [7, 11) is 0. The van der Waals surface area contributed by atoms with E-state index in [1.165, 1.54) is 17.0 Å². The quantitative estimate of drug-likeness (QED) is 0.722. The van der Waals surface area contributed by atoms with Gasteiger partial charge in [-0.1, -0.05) is 0 Å². The van der Waals surface area contributed by atoms with Gasteiger partial charge in [0.1, 0.15) is 11.6 Å². The highest BCUT2D eigenvalue weighted by molar-refractivity contribution is 5.82. The summed E-state index contributed by atoms with van der Waals surface area (Å²) in [6.07, 6.45) is -4.98. The number of alkyl halides is 3. The predicted molar refractivity (Wildman–Crippen MR) is 97.0 cm³/mol. The number of benzene rings is 1. The molecule has 0 N–H and O–H groups in total. The molecule has 1 aliphatic rings. The van der Waals surface area contributed by atoms with Crippen molar-refractivity contribution in [3.05, 3.63) is 29.8 Å². The molecule has 0 spiro atoms. The van der Waals surface area contributed by atoms with Crippen LogP contribution >= 0.6 is 0 Å². The Balaban J connectivity index is 2.22. The Morgan fingerprint density at radius 3 is 2.21 bits per heavy atom. The van der Waals surface area contributed by atoms with Gasteiger partial charge < -0.3 is 19.3 Å². The monoisotopic (exact) mass is 402 g/mol. The normalized spacial score (nSPS) is 18.0. The maximum Gasteiger partial charge on any atom is 0.416 e. The van der Waals surface area contributed by atoms with Crippen molar-refractivity contribution in [2.45, 2.75) is 45.5 Å². The molecule has 1 aliphatic heterocycles. The number of halogens is 3. The van der Waals surface area contributed by atoms with Crippen molar-refractivity contribution in [1.29, 1.82) is 0 Å². The molecule has 28 heavy (non-hydrogen) atoms. The number of carbonyl (C=O) groups excluding carboxylic acids is 2. The highest BCUT2D eigenvalue weighted by Gasteiger charge is 2.37. The van der Waals surface area contributed by atoms with E-state index < -0.39 is 35.4 Å². The Kier molecular flexibility index (Phi) is 6.46. The van der Waals surface area contributed by atoms with Crippen LogP contribution in [0.5, 0.6) is 0 Å². The van der Waals surface area contributed by atoms with E-state index in [2.05, 4.69) is 0 Å². The van der Waals surface area contributed by atoms with Crippen LogP contribution in [-0.4, -0.2) is 54.8 Å². The van der Waals surface area contributed by atoms with E-state index in [9.17, 15) is 22.8 Å². The van der Waals surface area contributed by atoms with Crippen LogP contribution in [0.25, 0.3) is 0 Å². The zero-order chi connectivity index (χ0) is 21.1. The van der Waals surface area contributed by atoms with Gasteiger partial charge in [0.2, 0.25) is 0 Å². The van der Waals surface area contributed by atoms with Gasteiger partial charge in [-0.15, -0.1) is 0 Å². The molecule has 1 fully saturated rings. The minimum Gasteiger partial charge on any atom is -0.464 e. The SMILES string of the molecule is CCOC(=O)C1CN(C(=O)OC(C)(C)C)CCN1c1ccc(C(F)(F)F)cc1. The Bertz CT molecular complexity index is 699. The molecule has 1 aromatic rings. The Morgan fingerprint density at radius 1 is 1.11 bits per heavy atom. The summed E-state index contributed by atoms with van der Waals surface area (Å²) in [5, 5.41) is 0. The van der Waals surface area contributed by atoms with Crippen LogP contribution in [0.3, 0.4) is 0 Å². The third-order valence-electron chi connectivity index (χ3n) is 4.12. The van der Waals surface area contributed by atoms with E-state index in [0.29, 0.717) is 5.69 Å². The van der Waals surface area contributed by atoms with Gasteiger partial charge in [-0.2, -0.15) is 13.2 Å². The molecule has 9 heteroatoms. The van der Waals surface area contributed by atoms with E-state index in [4.69, 9.17) is 9.47 Å². The van der Waals surface area contributed by atoms with Gasteiger partial charge in [-0.25, -0.2) is 9.59 Å². The van der Waals surface area contributed by atoms with Crippen molar-refractivity contribution >= 4 is 17.7 Å². The summed E-state index contributed by atoms with van der Waals surface area (Å²) < 4.78 is 48.8. The highest BCUT2D eigenvalue weighted by Crippen LogP contribution is 2.31. The molecule has 6 nitrogen and oxygen atoms in total. The Hall–Kier alpha value is -2.45. The average molecular weight is 402 g/mol. The van der Waals surface area contributed by atoms with Crippen LogP contribution in [0, 0.1) is 0 Å². The highest BCUT2D eigenvalue weighted by atomic mass is 19.4. The van der Waals surface area contributed by atoms with Crippen molar-refractivity contribution in [2.75, 3.05) is 31.1 Å². The third-order valence-corrected chi connectivity index (χ3v) is 4.12. The van der Waals surface area contributed by atoms with E-state index >= 15 is 0 Å². The largest absolute Gasteiger partial charge is 0.464 e. The minimum absolute atomic E-state index is 0.0226. The average Bonchev–Trinajstić information content (AvgIpc) is 2.59. The number of nitrogens with zero attached hydrogens (tertiary/aromatic N) is 2. The summed E-state index contributed by atoms with van der Waals surface area (Å²) in [4.78, 5) is 27.8. The lowest BCUT2D eigenvalue weighted by molar-refractivity contribution is -0.145. The molecule has 2 rings (SSSR count). The predicted octanol–water partition coefficient (Wildman–Crippen LogP) is 3.69. The first-order chi connectivity index (χ1) is 12.9. The molecule has 0 aromatic heterocycles. The summed E-state index contributed by atoms with van der Waals surface area (Å²) in [6.45, 7) is 7.59. The number of piperazine rings is 1. The molecular formula is C19H25F3N2O4. The Labute approximate surface area is 162 Å². The topological polar surface area (TPSA) is 59.1 Å². The van der Waals surface area contributed by atoms with Crippen LogP contribution in [0.4, 0.5) is 23.7 Å². The number of carbonyl (C=O) groups is 2. The first-order valence-electron chi connectivity index (χ1n) is 9.01. The number of anilines is 1. The summed E-state index contributed by atoms with van der Waals surface area (Å²) >= 11 is 0. The van der Waals surface area contributed by atoms with Crippen molar-refractivity contribution in [3.8, 4) is 0 Å². The molecule has 1 atom stereocenters. The zero-order valence-electron chi connectivity index (χ0n) is 16.4. The second-order valence-electron chi connectivity index (χ2n) is 7.43. The molecule has 1 heterocycles. The summed E-state index contributed by atoms with van der Waals surface area (Å²) in [6, 6.07) is 3.74. The number of hydrogen-bond donors (Lipinski definition) is 0. The van der Waals surface area contributed by atoms with Crippen molar-refractivity contribution in [3.63, 3.8) is 0 Å². The molecule has 1 amide bonds. The third kappa shape index (κ3) is 5.53. The van der Waals surface area contributed by atoms with Crippen LogP contribution in [0.1, 0.15) is 33.3 Å². The van der Waals surface area contributed by atoms with Crippen LogP contribution in [0.15, 0.2) is 24.3 Å².